The van der Waals surface area contributed by atoms with Crippen LogP contribution in [0.4, 0.5) is 0 Å². The molecule has 0 saturated carbocycles. The molecule has 1 atom stereocenters. The van der Waals surface area contributed by atoms with E-state index >= 15 is 0 Å². The summed E-state index contributed by atoms with van der Waals surface area (Å²) in [5.41, 5.74) is -1.34. The minimum absolute atomic E-state index is 0.00631. The number of allylic oxidation sites excluding steroid dienone is 4. The van der Waals surface area contributed by atoms with Gasteiger partial charge in [-0.1, -0.05) is 5.16 Å². The van der Waals surface area contributed by atoms with Gasteiger partial charge >= 0.3 is 0 Å². The van der Waals surface area contributed by atoms with Crippen molar-refractivity contribution < 1.29 is 33.9 Å². The number of carbonyl (C=O) groups is 3. The van der Waals surface area contributed by atoms with Gasteiger partial charge in [0.25, 0.3) is 0 Å². The van der Waals surface area contributed by atoms with Crippen molar-refractivity contribution in [3.05, 3.63) is 51.5 Å². The number of nitrogens with zero attached hydrogens (tertiary/aromatic N) is 2. The predicted molar refractivity (Wildman–Crippen MR) is 114 cm³/mol. The van der Waals surface area contributed by atoms with Crippen molar-refractivity contribution >= 4 is 17.3 Å². The highest BCUT2D eigenvalue weighted by molar-refractivity contribution is 6.31. The SMILES string of the molecule is CC(=O)c1c(O)c(C)c(O)c2c1OC1=CC(=O)C(=C(C)NCCc3nc(C)no3)C(=O)[C@@]12C. The van der Waals surface area contributed by atoms with Crippen molar-refractivity contribution in [2.75, 3.05) is 6.54 Å². The van der Waals surface area contributed by atoms with Gasteiger partial charge in [0.05, 0.1) is 11.1 Å². The number of ketones is 3. The first-order chi connectivity index (χ1) is 15.5. The van der Waals surface area contributed by atoms with E-state index in [1.807, 2.05) is 0 Å². The van der Waals surface area contributed by atoms with Gasteiger partial charge in [-0.15, -0.1) is 0 Å². The molecule has 2 heterocycles. The van der Waals surface area contributed by atoms with E-state index in [-0.39, 0.29) is 39.5 Å². The summed E-state index contributed by atoms with van der Waals surface area (Å²) >= 11 is 0. The lowest BCUT2D eigenvalue weighted by Gasteiger charge is -2.29. The van der Waals surface area contributed by atoms with E-state index < -0.39 is 28.5 Å². The minimum atomic E-state index is -1.54. The quantitative estimate of drug-likeness (QED) is 0.348. The fourth-order valence-corrected chi connectivity index (χ4v) is 4.25. The number of Topliss-reactive ketones (excluding diaryl/α,β-unsaturated/α-hetero) is 2. The molecular weight excluding hydrogens is 430 g/mol. The topological polar surface area (TPSA) is 152 Å². The Balaban J connectivity index is 1.76. The van der Waals surface area contributed by atoms with Crippen LogP contribution in [0.5, 0.6) is 17.2 Å². The number of phenols is 2. The first-order valence-electron chi connectivity index (χ1n) is 10.3. The van der Waals surface area contributed by atoms with E-state index in [4.69, 9.17) is 9.26 Å². The lowest BCUT2D eigenvalue weighted by molar-refractivity contribution is -0.123. The summed E-state index contributed by atoms with van der Waals surface area (Å²) in [6.45, 7) is 7.84. The molecule has 0 amide bonds. The number of phenolic OH excluding ortho intramolecular Hbond substituents is 2. The maximum Gasteiger partial charge on any atom is 0.228 e. The number of benzene rings is 1. The molecule has 0 saturated heterocycles. The number of aromatic nitrogens is 2. The Morgan fingerprint density at radius 3 is 2.48 bits per heavy atom. The third kappa shape index (κ3) is 3.21. The second kappa shape index (κ2) is 7.58. The van der Waals surface area contributed by atoms with E-state index in [0.29, 0.717) is 30.4 Å². The fraction of sp³-hybridized carbons (Fsp3) is 0.348. The molecule has 0 bridgehead atoms. The number of carbonyl (C=O) groups excluding carboxylic acids is 3. The normalized spacial score (nSPS) is 20.7. The molecule has 0 spiro atoms. The molecule has 33 heavy (non-hydrogen) atoms. The molecule has 2 aromatic rings. The van der Waals surface area contributed by atoms with Crippen LogP contribution >= 0.6 is 0 Å². The van der Waals surface area contributed by atoms with Crippen LogP contribution in [0.1, 0.15) is 54.0 Å². The molecule has 10 nitrogen and oxygen atoms in total. The summed E-state index contributed by atoms with van der Waals surface area (Å²) in [6.07, 6.45) is 1.57. The fourth-order valence-electron chi connectivity index (χ4n) is 4.25. The highest BCUT2D eigenvalue weighted by Gasteiger charge is 2.56. The summed E-state index contributed by atoms with van der Waals surface area (Å²) < 4.78 is 10.8. The van der Waals surface area contributed by atoms with Crippen LogP contribution in [0.25, 0.3) is 0 Å². The number of hydrogen-bond donors (Lipinski definition) is 3. The average Bonchev–Trinajstić information content (AvgIpc) is 3.27. The van der Waals surface area contributed by atoms with Gasteiger partial charge < -0.3 is 24.8 Å². The number of nitrogens with one attached hydrogen (secondary N) is 1. The second-order valence-electron chi connectivity index (χ2n) is 8.30. The van der Waals surface area contributed by atoms with Gasteiger partial charge in [0.2, 0.25) is 5.89 Å². The van der Waals surface area contributed by atoms with Crippen LogP contribution in [-0.2, 0) is 21.4 Å². The number of hydrogen-bond acceptors (Lipinski definition) is 10. The lowest BCUT2D eigenvalue weighted by atomic mass is 9.70. The Morgan fingerprint density at radius 1 is 1.18 bits per heavy atom. The first kappa shape index (κ1) is 22.3. The van der Waals surface area contributed by atoms with Gasteiger partial charge in [0.15, 0.2) is 23.2 Å². The molecule has 2 aliphatic rings. The number of aromatic hydroxyl groups is 2. The van der Waals surface area contributed by atoms with Crippen LogP contribution < -0.4 is 10.1 Å². The third-order valence-electron chi connectivity index (χ3n) is 6.06. The molecule has 172 valence electrons. The van der Waals surface area contributed by atoms with Crippen LogP contribution in [0.15, 0.2) is 27.6 Å². The summed E-state index contributed by atoms with van der Waals surface area (Å²) in [5, 5.41) is 28.0. The molecule has 1 aromatic carbocycles. The summed E-state index contributed by atoms with van der Waals surface area (Å²) in [7, 11) is 0. The van der Waals surface area contributed by atoms with Gasteiger partial charge in [-0.05, 0) is 34.6 Å². The van der Waals surface area contributed by atoms with E-state index in [1.54, 1.807) is 13.8 Å². The molecule has 1 aromatic heterocycles. The Morgan fingerprint density at radius 2 is 1.88 bits per heavy atom. The van der Waals surface area contributed by atoms with Crippen molar-refractivity contribution in [3.8, 4) is 17.2 Å². The molecular formula is C23H23N3O7. The van der Waals surface area contributed by atoms with Crippen LogP contribution in [0.2, 0.25) is 0 Å². The van der Waals surface area contributed by atoms with E-state index in [1.165, 1.54) is 26.8 Å². The Bertz CT molecular complexity index is 1300. The Labute approximate surface area is 188 Å². The highest BCUT2D eigenvalue weighted by Crippen LogP contribution is 2.57. The molecule has 1 aliphatic heterocycles. The van der Waals surface area contributed by atoms with Crippen molar-refractivity contribution in [2.24, 2.45) is 0 Å². The lowest BCUT2D eigenvalue weighted by Crippen LogP contribution is -2.41. The average molecular weight is 453 g/mol. The van der Waals surface area contributed by atoms with E-state index in [9.17, 15) is 24.6 Å². The maximum atomic E-state index is 13.7. The minimum Gasteiger partial charge on any atom is -0.507 e. The van der Waals surface area contributed by atoms with Gasteiger partial charge in [0.1, 0.15) is 34.0 Å². The van der Waals surface area contributed by atoms with Crippen LogP contribution in [-0.4, -0.2) is 44.2 Å². The predicted octanol–water partition coefficient (Wildman–Crippen LogP) is 2.09. The number of fused-ring (bicyclic) bond motifs is 3. The highest BCUT2D eigenvalue weighted by atomic mass is 16.5. The van der Waals surface area contributed by atoms with Crippen molar-refractivity contribution in [2.45, 2.75) is 46.5 Å². The number of ether oxygens (including phenoxy) is 1. The van der Waals surface area contributed by atoms with E-state index in [0.717, 1.165) is 0 Å². The number of rotatable bonds is 5. The van der Waals surface area contributed by atoms with Crippen molar-refractivity contribution in [3.63, 3.8) is 0 Å². The zero-order valence-corrected chi connectivity index (χ0v) is 18.8. The zero-order chi connectivity index (χ0) is 24.2. The molecule has 0 radical (unpaired) electrons. The maximum absolute atomic E-state index is 13.7. The second-order valence-corrected chi connectivity index (χ2v) is 8.30. The number of aryl methyl sites for hydroxylation is 1. The Kier molecular flexibility index (Phi) is 5.11. The molecule has 0 fully saturated rings. The van der Waals surface area contributed by atoms with Crippen molar-refractivity contribution in [1.29, 1.82) is 0 Å². The third-order valence-corrected chi connectivity index (χ3v) is 6.06. The standard InChI is InChI=1S/C23H23N3O7/c1-9-19(29)17(11(3)27)21-18(20(9)30)23(5)14(32-21)8-13(28)16(22(23)31)10(2)24-7-6-15-25-12(4)26-33-15/h8,24,29-30H,6-7H2,1-5H3/t23-/m0/s1. The monoisotopic (exact) mass is 453 g/mol. The smallest absolute Gasteiger partial charge is 0.228 e. The molecule has 3 N–H and O–H groups in total. The van der Waals surface area contributed by atoms with Gasteiger partial charge in [-0.3, -0.25) is 14.4 Å². The van der Waals surface area contributed by atoms with Crippen LogP contribution in [0.3, 0.4) is 0 Å². The summed E-state index contributed by atoms with van der Waals surface area (Å²) in [5.74, 6) is -1.63. The largest absolute Gasteiger partial charge is 0.507 e. The molecule has 4 rings (SSSR count). The summed E-state index contributed by atoms with van der Waals surface area (Å²) in [4.78, 5) is 42.9. The first-order valence-corrected chi connectivity index (χ1v) is 10.3. The molecule has 10 heteroatoms. The summed E-state index contributed by atoms with van der Waals surface area (Å²) in [6, 6.07) is 0. The van der Waals surface area contributed by atoms with Crippen LogP contribution in [0, 0.1) is 13.8 Å². The van der Waals surface area contributed by atoms with Gasteiger partial charge in [0, 0.05) is 30.3 Å². The molecule has 0 unspecified atom stereocenters. The van der Waals surface area contributed by atoms with E-state index in [2.05, 4.69) is 15.5 Å². The van der Waals surface area contributed by atoms with Gasteiger partial charge in [-0.2, -0.15) is 4.98 Å². The van der Waals surface area contributed by atoms with Gasteiger partial charge in [-0.25, -0.2) is 0 Å². The Hall–Kier alpha value is -3.95. The molecule has 1 aliphatic carbocycles. The zero-order valence-electron chi connectivity index (χ0n) is 18.8. The van der Waals surface area contributed by atoms with Crippen molar-refractivity contribution in [1.82, 2.24) is 15.5 Å².